The number of ether oxygens (including phenoxy) is 1. The summed E-state index contributed by atoms with van der Waals surface area (Å²) in [7, 11) is 1.62. The molecule has 2 aromatic carbocycles. The van der Waals surface area contributed by atoms with E-state index in [2.05, 4.69) is 29.8 Å². The highest BCUT2D eigenvalue weighted by Gasteiger charge is 2.30. The van der Waals surface area contributed by atoms with Crippen LogP contribution in [0.1, 0.15) is 55.4 Å². The predicted octanol–water partition coefficient (Wildman–Crippen LogP) is 5.67. The van der Waals surface area contributed by atoms with Crippen LogP contribution in [0.2, 0.25) is 0 Å². The number of carbonyl (C=O) groups excluding carboxylic acids is 1. The maximum Gasteiger partial charge on any atom is 0.257 e. The Kier molecular flexibility index (Phi) is 8.44. The number of carbonyl (C=O) groups is 1. The van der Waals surface area contributed by atoms with Gasteiger partial charge in [0, 0.05) is 25.2 Å². The van der Waals surface area contributed by atoms with Gasteiger partial charge in [-0.2, -0.15) is 5.10 Å². The topological polar surface area (TPSA) is 85.4 Å². The Morgan fingerprint density at radius 3 is 2.61 bits per heavy atom. The Morgan fingerprint density at radius 1 is 1.22 bits per heavy atom. The second-order valence-electron chi connectivity index (χ2n) is 9.31. The number of rotatable bonds is 10. The summed E-state index contributed by atoms with van der Waals surface area (Å²) in [6, 6.07) is 17.7. The van der Waals surface area contributed by atoms with E-state index >= 15 is 0 Å². The zero-order chi connectivity index (χ0) is 25.5. The molecule has 1 fully saturated rings. The van der Waals surface area contributed by atoms with Crippen molar-refractivity contribution in [2.75, 3.05) is 25.9 Å². The van der Waals surface area contributed by atoms with Crippen LogP contribution >= 0.6 is 0 Å². The lowest BCUT2D eigenvalue weighted by Gasteiger charge is -2.37. The molecule has 3 N–H and O–H groups in total. The number of nitrogens with one attached hydrogen (secondary N) is 1. The van der Waals surface area contributed by atoms with E-state index in [1.54, 1.807) is 7.05 Å². The van der Waals surface area contributed by atoms with E-state index in [-0.39, 0.29) is 11.9 Å². The monoisotopic (exact) mass is 487 g/mol. The summed E-state index contributed by atoms with van der Waals surface area (Å²) in [6.45, 7) is 8.17. The van der Waals surface area contributed by atoms with Crippen molar-refractivity contribution in [3.8, 4) is 22.8 Å². The molecule has 2 atom stereocenters. The number of nitrogens with two attached hydrogens (primary N) is 1. The molecule has 0 saturated carbocycles. The average molecular weight is 488 g/mol. The van der Waals surface area contributed by atoms with Crippen LogP contribution in [0.3, 0.4) is 0 Å². The molecular formula is C29H37N5O2. The smallest absolute Gasteiger partial charge is 0.257 e. The van der Waals surface area contributed by atoms with Crippen LogP contribution in [0.5, 0.6) is 11.5 Å². The molecule has 190 valence electrons. The van der Waals surface area contributed by atoms with E-state index in [0.29, 0.717) is 28.9 Å². The highest BCUT2D eigenvalue weighted by atomic mass is 16.5. The second kappa shape index (κ2) is 11.9. The summed E-state index contributed by atoms with van der Waals surface area (Å²) in [5.74, 6) is 1.65. The molecule has 1 amide bonds. The number of aromatic nitrogens is 2. The molecule has 2 unspecified atom stereocenters. The van der Waals surface area contributed by atoms with Gasteiger partial charge in [0.2, 0.25) is 0 Å². The quantitative estimate of drug-likeness (QED) is 0.360. The van der Waals surface area contributed by atoms with E-state index in [0.717, 1.165) is 43.7 Å². The lowest BCUT2D eigenvalue weighted by molar-refractivity contribution is 0.0964. The number of anilines is 1. The highest BCUT2D eigenvalue weighted by Crippen LogP contribution is 2.34. The number of hydrogen-bond donors (Lipinski definition) is 2. The first-order valence-corrected chi connectivity index (χ1v) is 12.9. The Balaban J connectivity index is 1.61. The summed E-state index contributed by atoms with van der Waals surface area (Å²) in [4.78, 5) is 15.4. The molecule has 3 aromatic rings. The summed E-state index contributed by atoms with van der Waals surface area (Å²) >= 11 is 0. The fraction of sp³-hybridized carbons (Fsp3) is 0.379. The van der Waals surface area contributed by atoms with Gasteiger partial charge in [-0.15, -0.1) is 6.58 Å². The number of likely N-dealkylation sites (tertiary alicyclic amines) is 1. The normalized spacial score (nSPS) is 16.9. The summed E-state index contributed by atoms with van der Waals surface area (Å²) in [5.41, 5.74) is 8.41. The average Bonchev–Trinajstić information content (AvgIpc) is 3.27. The molecule has 7 nitrogen and oxygen atoms in total. The van der Waals surface area contributed by atoms with Gasteiger partial charge in [-0.25, -0.2) is 4.68 Å². The third-order valence-electron chi connectivity index (χ3n) is 6.88. The van der Waals surface area contributed by atoms with Gasteiger partial charge in [-0.05, 0) is 62.2 Å². The number of benzene rings is 2. The van der Waals surface area contributed by atoms with Crippen LogP contribution in [0, 0.1) is 0 Å². The predicted molar refractivity (Wildman–Crippen MR) is 145 cm³/mol. The molecule has 1 aliphatic rings. The lowest BCUT2D eigenvalue weighted by Crippen LogP contribution is -2.42. The third kappa shape index (κ3) is 5.62. The van der Waals surface area contributed by atoms with Gasteiger partial charge in [0.25, 0.3) is 5.91 Å². The van der Waals surface area contributed by atoms with E-state index < -0.39 is 0 Å². The Labute approximate surface area is 213 Å². The van der Waals surface area contributed by atoms with Crippen LogP contribution in [0.15, 0.2) is 67.3 Å². The Hall–Kier alpha value is -3.58. The number of nitrogens with zero attached hydrogens (tertiary/aromatic N) is 3. The molecule has 1 saturated heterocycles. The van der Waals surface area contributed by atoms with Crippen LogP contribution in [0.25, 0.3) is 11.3 Å². The number of para-hydroxylation sites is 1. The van der Waals surface area contributed by atoms with E-state index in [9.17, 15) is 4.79 Å². The van der Waals surface area contributed by atoms with Crippen molar-refractivity contribution in [3.63, 3.8) is 0 Å². The maximum absolute atomic E-state index is 12.9. The maximum atomic E-state index is 12.9. The molecule has 36 heavy (non-hydrogen) atoms. The van der Waals surface area contributed by atoms with Crippen molar-refractivity contribution < 1.29 is 9.53 Å². The second-order valence-corrected chi connectivity index (χ2v) is 9.31. The van der Waals surface area contributed by atoms with Crippen molar-refractivity contribution in [2.24, 2.45) is 0 Å². The fourth-order valence-electron chi connectivity index (χ4n) is 4.93. The van der Waals surface area contributed by atoms with E-state index in [1.807, 2.05) is 59.3 Å². The van der Waals surface area contributed by atoms with Gasteiger partial charge in [0.05, 0.1) is 6.04 Å². The Bertz CT molecular complexity index is 1160. The van der Waals surface area contributed by atoms with Crippen molar-refractivity contribution in [1.29, 1.82) is 0 Å². The van der Waals surface area contributed by atoms with Gasteiger partial charge in [0.1, 0.15) is 28.6 Å². The molecule has 0 aliphatic carbocycles. The molecule has 1 aromatic heterocycles. The molecule has 2 heterocycles. The van der Waals surface area contributed by atoms with Crippen molar-refractivity contribution in [1.82, 2.24) is 20.0 Å². The number of amides is 1. The van der Waals surface area contributed by atoms with Gasteiger partial charge < -0.3 is 15.8 Å². The highest BCUT2D eigenvalue weighted by molar-refractivity contribution is 6.04. The summed E-state index contributed by atoms with van der Waals surface area (Å²) in [6.07, 6.45) is 7.53. The van der Waals surface area contributed by atoms with Crippen LogP contribution in [-0.4, -0.2) is 46.8 Å². The molecule has 7 heteroatoms. The minimum absolute atomic E-state index is 0.0978. The minimum atomic E-state index is -0.238. The standard InChI is InChI=1S/C29H37N5O2/c1-4-6-11-22(5-2)33-19-10-12-23(20-33)34-28(30)26(29(35)31-3)27(32-34)21-15-17-25(18-16-21)36-24-13-8-7-9-14-24/h5,7-9,13-18,22-23H,2,4,6,10-12,19-20,30H2,1,3H3,(H,31,35). The molecule has 0 bridgehead atoms. The van der Waals surface area contributed by atoms with E-state index in [1.165, 1.54) is 12.8 Å². The van der Waals surface area contributed by atoms with Crippen molar-refractivity contribution >= 4 is 11.7 Å². The first-order valence-electron chi connectivity index (χ1n) is 12.9. The Morgan fingerprint density at radius 2 is 1.94 bits per heavy atom. The van der Waals surface area contributed by atoms with Crippen molar-refractivity contribution in [2.45, 2.75) is 51.1 Å². The van der Waals surface area contributed by atoms with Crippen LogP contribution < -0.4 is 15.8 Å². The SMILES string of the molecule is C=CC(CCCC)N1CCCC(n2nc(-c3ccc(Oc4ccccc4)cc3)c(C(=O)NC)c2N)C1. The number of nitrogen functional groups attached to an aromatic ring is 1. The molecule has 0 spiro atoms. The van der Waals surface area contributed by atoms with E-state index in [4.69, 9.17) is 15.6 Å². The number of hydrogen-bond acceptors (Lipinski definition) is 5. The molecular weight excluding hydrogens is 450 g/mol. The zero-order valence-corrected chi connectivity index (χ0v) is 21.3. The zero-order valence-electron chi connectivity index (χ0n) is 21.3. The first-order chi connectivity index (χ1) is 17.5. The lowest BCUT2D eigenvalue weighted by atomic mass is 10.0. The van der Waals surface area contributed by atoms with Gasteiger partial charge in [0.15, 0.2) is 0 Å². The van der Waals surface area contributed by atoms with Crippen molar-refractivity contribution in [3.05, 3.63) is 72.8 Å². The van der Waals surface area contributed by atoms with Gasteiger partial charge >= 0.3 is 0 Å². The molecule has 0 radical (unpaired) electrons. The van der Waals surface area contributed by atoms with Crippen LogP contribution in [-0.2, 0) is 0 Å². The first kappa shape index (κ1) is 25.5. The fourth-order valence-corrected chi connectivity index (χ4v) is 4.93. The summed E-state index contributed by atoms with van der Waals surface area (Å²) < 4.78 is 7.78. The third-order valence-corrected chi connectivity index (χ3v) is 6.88. The van der Waals surface area contributed by atoms with Gasteiger partial charge in [-0.3, -0.25) is 9.69 Å². The van der Waals surface area contributed by atoms with Gasteiger partial charge in [-0.1, -0.05) is 44.0 Å². The number of unbranched alkanes of at least 4 members (excludes halogenated alkanes) is 1. The molecule has 1 aliphatic heterocycles. The summed E-state index contributed by atoms with van der Waals surface area (Å²) in [5, 5.41) is 7.64. The minimum Gasteiger partial charge on any atom is -0.457 e. The largest absolute Gasteiger partial charge is 0.457 e. The van der Waals surface area contributed by atoms with Crippen LogP contribution in [0.4, 0.5) is 5.82 Å². The number of piperidine rings is 1. The molecule has 4 rings (SSSR count).